The van der Waals surface area contributed by atoms with Crippen molar-refractivity contribution in [3.05, 3.63) is 108 Å². The number of rotatable bonds is 44. The third-order valence-electron chi connectivity index (χ3n) is 16.1. The summed E-state index contributed by atoms with van der Waals surface area (Å²) in [6.45, 7) is 5.65. The number of carbonyl (C=O) groups excluding carboxylic acids is 12. The molecule has 5 rings (SSSR count). The molecule has 20 N–H and O–H groups in total. The van der Waals surface area contributed by atoms with Crippen LogP contribution in [0.15, 0.2) is 91.3 Å². The molecule has 0 spiro atoms. The number of nitrogens with one attached hydrogen (secondary N) is 13. The van der Waals surface area contributed by atoms with Crippen LogP contribution in [0.4, 0.5) is 0 Å². The molecular formula is C68H91N15O18S2. The third-order valence-corrected chi connectivity index (χ3v) is 16.9. The van der Waals surface area contributed by atoms with E-state index in [9.17, 15) is 77.6 Å². The average Bonchev–Trinajstić information content (AvgIpc) is 1.72. The summed E-state index contributed by atoms with van der Waals surface area (Å²) in [7, 11) is 0. The normalized spacial score (nSPS) is 14.1. The molecule has 10 atom stereocenters. The first kappa shape index (κ1) is 83.1. The van der Waals surface area contributed by atoms with Gasteiger partial charge in [0.15, 0.2) is 0 Å². The monoisotopic (exact) mass is 1470 g/mol. The minimum absolute atomic E-state index is 0.0143. The number of aliphatic carboxylic acids is 3. The standard InChI is InChI=1S/C68H91N15O18S2/c1-35(2)24-48(76-56(86)31-73-59(91)42(69)33-102)60(92)74-32-55(85)75-45(18-21-54(70)84)61(93)77-46(19-22-57(87)88)62(94)78-47(20-23-58(89)90)63(95)81-51(27-38-29-71-43-16-10-8-14-40(38)43)67(99)80-50(26-37-12-6-5-7-13-37)65(97)82-52(28-39-30-72-44-17-11-9-15-41(39)44)66(98)79-49(25-36(3)4)64(96)83-53(34-103)68(100)101/h5-17,29-30,35-36,42,45-53,71-72,102-103H,18-28,31-34,69H2,1-4H3,(H2,70,84)(H,73,91)(H,74,92)(H,75,85)(H,76,86)(H,77,93)(H,78,94)(H,79,98)(H,80,99)(H,81,95)(H,82,97)(H,83,96)(H,87,88)(H,89,90)(H,100,101)/t42-,45-,46-,47-,48-,49-,50-,51-,52-,53-/m0/s1. The van der Waals surface area contributed by atoms with Gasteiger partial charge in [-0.05, 0) is 72.8 Å². The predicted molar refractivity (Wildman–Crippen MR) is 382 cm³/mol. The number of carbonyl (C=O) groups is 15. The van der Waals surface area contributed by atoms with Gasteiger partial charge in [0.1, 0.15) is 54.4 Å². The van der Waals surface area contributed by atoms with Crippen molar-refractivity contribution in [2.24, 2.45) is 23.3 Å². The van der Waals surface area contributed by atoms with Crippen LogP contribution in [0.2, 0.25) is 0 Å². The molecule has 0 radical (unpaired) electrons. The minimum atomic E-state index is -1.89. The first-order valence-electron chi connectivity index (χ1n) is 33.2. The van der Waals surface area contributed by atoms with Crippen LogP contribution in [-0.4, -0.2) is 199 Å². The second kappa shape index (κ2) is 41.4. The SMILES string of the molecule is CC(C)C[C@H](NC(=O)CNC(=O)[C@@H](N)CS)C(=O)NCC(=O)N[C@@H](CCC(N)=O)C(=O)N[C@@H](CCC(=O)O)C(=O)N[C@@H](CCC(=O)O)C(=O)N[C@@H](Cc1c[nH]c2ccccc12)C(=O)N[C@@H](Cc1ccccc1)C(=O)N[C@@H](Cc1c[nH]c2ccccc12)C(=O)N[C@@H](CC(C)C)C(=O)N[C@@H](CS)C(=O)O. The molecule has 558 valence electrons. The van der Waals surface area contributed by atoms with Crippen molar-refractivity contribution in [1.82, 2.24) is 68.5 Å². The molecule has 0 fully saturated rings. The van der Waals surface area contributed by atoms with Gasteiger partial charge in [0.05, 0.1) is 19.1 Å². The summed E-state index contributed by atoms with van der Waals surface area (Å²) in [6, 6.07) is 7.11. The van der Waals surface area contributed by atoms with Crippen LogP contribution in [0, 0.1) is 11.8 Å². The maximum Gasteiger partial charge on any atom is 0.327 e. The van der Waals surface area contributed by atoms with Gasteiger partial charge in [-0.25, -0.2) is 4.79 Å². The molecule has 2 heterocycles. The van der Waals surface area contributed by atoms with E-state index in [2.05, 4.69) is 93.7 Å². The van der Waals surface area contributed by atoms with Crippen molar-refractivity contribution in [2.45, 2.75) is 159 Å². The Hall–Kier alpha value is -10.6. The van der Waals surface area contributed by atoms with Crippen LogP contribution in [0.3, 0.4) is 0 Å². The van der Waals surface area contributed by atoms with Crippen molar-refractivity contribution in [1.29, 1.82) is 0 Å². The number of amides is 12. The van der Waals surface area contributed by atoms with Crippen molar-refractivity contribution < 1.29 is 87.2 Å². The van der Waals surface area contributed by atoms with Gasteiger partial charge in [-0.15, -0.1) is 0 Å². The van der Waals surface area contributed by atoms with Gasteiger partial charge in [-0.3, -0.25) is 67.1 Å². The number of carboxylic acid groups (broad SMARTS) is 3. The van der Waals surface area contributed by atoms with E-state index >= 15 is 9.59 Å². The van der Waals surface area contributed by atoms with E-state index in [1.165, 1.54) is 0 Å². The van der Waals surface area contributed by atoms with E-state index in [-0.39, 0.29) is 55.4 Å². The molecule has 12 amide bonds. The number of hydrogen-bond acceptors (Lipinski definition) is 18. The second-order valence-corrected chi connectivity index (χ2v) is 26.1. The Labute approximate surface area is 603 Å². The number of nitrogens with two attached hydrogens (primary N) is 2. The lowest BCUT2D eigenvalue weighted by Gasteiger charge is -2.28. The largest absolute Gasteiger partial charge is 0.481 e. The molecule has 0 saturated heterocycles. The van der Waals surface area contributed by atoms with Crippen LogP contribution < -0.4 is 70.0 Å². The molecule has 0 aliphatic heterocycles. The summed E-state index contributed by atoms with van der Waals surface area (Å²) in [5.74, 6) is -16.6. The van der Waals surface area contributed by atoms with E-state index in [0.717, 1.165) is 0 Å². The zero-order valence-electron chi connectivity index (χ0n) is 57.2. The maximum absolute atomic E-state index is 15.2. The van der Waals surface area contributed by atoms with E-state index in [1.807, 2.05) is 0 Å². The summed E-state index contributed by atoms with van der Waals surface area (Å²) in [5, 5.41) is 58.1. The molecule has 0 bridgehead atoms. The Kier molecular flexibility index (Phi) is 33.4. The lowest BCUT2D eigenvalue weighted by molar-refractivity contribution is -0.142. The van der Waals surface area contributed by atoms with Gasteiger partial charge >= 0.3 is 17.9 Å². The summed E-state index contributed by atoms with van der Waals surface area (Å²) in [4.78, 5) is 209. The highest BCUT2D eigenvalue weighted by Crippen LogP contribution is 2.22. The fourth-order valence-corrected chi connectivity index (χ4v) is 11.2. The number of hydrogen-bond donors (Lipinski definition) is 20. The van der Waals surface area contributed by atoms with E-state index in [0.29, 0.717) is 38.5 Å². The van der Waals surface area contributed by atoms with Crippen molar-refractivity contribution in [2.75, 3.05) is 24.6 Å². The Balaban J connectivity index is 1.46. The van der Waals surface area contributed by atoms with Gasteiger partial charge in [0.25, 0.3) is 0 Å². The Morgan fingerprint density at radius 3 is 1.17 bits per heavy atom. The summed E-state index contributed by atoms with van der Waals surface area (Å²) < 4.78 is 0. The molecule has 0 aliphatic rings. The fraction of sp³-hybridized carbons (Fsp3) is 0.456. The number of fused-ring (bicyclic) bond motifs is 2. The molecule has 3 aromatic carbocycles. The number of aromatic amines is 2. The van der Waals surface area contributed by atoms with Gasteiger partial charge in [-0.1, -0.05) is 94.4 Å². The highest BCUT2D eigenvalue weighted by molar-refractivity contribution is 7.80. The Morgan fingerprint density at radius 1 is 0.408 bits per heavy atom. The van der Waals surface area contributed by atoms with E-state index < -0.39 is 201 Å². The fourth-order valence-electron chi connectivity index (χ4n) is 10.8. The number of primary amides is 1. The highest BCUT2D eigenvalue weighted by Gasteiger charge is 2.37. The molecule has 5 aromatic rings. The third kappa shape index (κ3) is 27.7. The molecule has 0 aliphatic carbocycles. The summed E-state index contributed by atoms with van der Waals surface area (Å²) in [5.41, 5.74) is 13.8. The molecule has 103 heavy (non-hydrogen) atoms. The molecule has 33 nitrogen and oxygen atoms in total. The van der Waals surface area contributed by atoms with Crippen LogP contribution >= 0.6 is 25.3 Å². The molecular weight excluding hydrogens is 1380 g/mol. The zero-order valence-corrected chi connectivity index (χ0v) is 59.0. The predicted octanol–water partition coefficient (Wildman–Crippen LogP) is -1.37. The van der Waals surface area contributed by atoms with Gasteiger partial charge in [0.2, 0.25) is 70.9 Å². The number of H-pyrrole nitrogens is 2. The quantitative estimate of drug-likeness (QED) is 0.0200. The average molecular weight is 1470 g/mol. The van der Waals surface area contributed by atoms with Crippen LogP contribution in [0.25, 0.3) is 21.8 Å². The molecule has 2 aromatic heterocycles. The molecule has 0 saturated carbocycles. The minimum Gasteiger partial charge on any atom is -0.481 e. The maximum atomic E-state index is 15.2. The zero-order chi connectivity index (χ0) is 76.0. The Bertz CT molecular complexity index is 3830. The van der Waals surface area contributed by atoms with E-state index in [4.69, 9.17) is 11.5 Å². The summed E-state index contributed by atoms with van der Waals surface area (Å²) in [6.07, 6.45) is -1.55. The van der Waals surface area contributed by atoms with Crippen molar-refractivity contribution in [3.63, 3.8) is 0 Å². The van der Waals surface area contributed by atoms with Gasteiger partial charge < -0.3 is 95.2 Å². The van der Waals surface area contributed by atoms with Crippen LogP contribution in [0.1, 0.15) is 95.8 Å². The lowest BCUT2D eigenvalue weighted by Crippen LogP contribution is -2.61. The van der Waals surface area contributed by atoms with Gasteiger partial charge in [-0.2, -0.15) is 25.3 Å². The molecule has 0 unspecified atom stereocenters. The van der Waals surface area contributed by atoms with E-state index in [1.54, 1.807) is 119 Å². The van der Waals surface area contributed by atoms with Gasteiger partial charge in [0, 0.05) is 84.2 Å². The van der Waals surface area contributed by atoms with Crippen LogP contribution in [0.5, 0.6) is 0 Å². The number of para-hydroxylation sites is 2. The molecule has 35 heteroatoms. The number of carboxylic acids is 3. The number of aromatic nitrogens is 2. The van der Waals surface area contributed by atoms with Crippen molar-refractivity contribution >= 4 is 136 Å². The smallest absolute Gasteiger partial charge is 0.327 e. The summed E-state index contributed by atoms with van der Waals surface area (Å²) >= 11 is 8.01. The Morgan fingerprint density at radius 2 is 0.757 bits per heavy atom. The first-order valence-corrected chi connectivity index (χ1v) is 34.5. The van der Waals surface area contributed by atoms with Crippen molar-refractivity contribution in [3.8, 4) is 0 Å². The van der Waals surface area contributed by atoms with Crippen LogP contribution in [-0.2, 0) is 91.2 Å². The number of thiol groups is 2. The lowest BCUT2D eigenvalue weighted by atomic mass is 9.99. The number of benzene rings is 3. The first-order chi connectivity index (χ1) is 48.8. The second-order valence-electron chi connectivity index (χ2n) is 25.4. The highest BCUT2D eigenvalue weighted by atomic mass is 32.1. The topological polar surface area (TPSA) is 533 Å².